The van der Waals surface area contributed by atoms with E-state index in [1.165, 1.54) is 19.3 Å². The molecular formula is C15H27N5. The maximum Gasteiger partial charge on any atom is 0.148 e. The average Bonchev–Trinajstić information content (AvgIpc) is 2.71. The maximum absolute atomic E-state index is 5.58. The highest BCUT2D eigenvalue weighted by atomic mass is 15.3. The van der Waals surface area contributed by atoms with E-state index in [2.05, 4.69) is 43.4 Å². The van der Waals surface area contributed by atoms with Crippen molar-refractivity contribution >= 4 is 11.6 Å². The zero-order valence-corrected chi connectivity index (χ0v) is 13.2. The summed E-state index contributed by atoms with van der Waals surface area (Å²) in [6.45, 7) is 10.8. The fourth-order valence-electron chi connectivity index (χ4n) is 2.83. The van der Waals surface area contributed by atoms with Crippen molar-refractivity contribution in [3.63, 3.8) is 0 Å². The van der Waals surface area contributed by atoms with E-state index >= 15 is 0 Å². The van der Waals surface area contributed by atoms with Crippen molar-refractivity contribution in [1.82, 2.24) is 9.97 Å². The summed E-state index contributed by atoms with van der Waals surface area (Å²) in [4.78, 5) is 9.17. The summed E-state index contributed by atoms with van der Waals surface area (Å²) in [6, 6.07) is 0.460. The lowest BCUT2D eigenvalue weighted by Crippen LogP contribution is -2.32. The number of nitrogen functional groups attached to an aromatic ring is 1. The SMILES string of the molecule is Cc1c(NN)nc(C(C)C)nc1NC1CCCC1(C)C. The Morgan fingerprint density at radius 2 is 1.90 bits per heavy atom. The first kappa shape index (κ1) is 15.0. The third-order valence-corrected chi connectivity index (χ3v) is 4.38. The Balaban J connectivity index is 2.33. The Labute approximate surface area is 121 Å². The molecule has 0 saturated heterocycles. The monoisotopic (exact) mass is 277 g/mol. The van der Waals surface area contributed by atoms with E-state index < -0.39 is 0 Å². The number of nitrogens with one attached hydrogen (secondary N) is 2. The van der Waals surface area contributed by atoms with Gasteiger partial charge in [0, 0.05) is 17.5 Å². The van der Waals surface area contributed by atoms with Crippen molar-refractivity contribution in [2.45, 2.75) is 65.8 Å². The minimum Gasteiger partial charge on any atom is -0.366 e. The van der Waals surface area contributed by atoms with Gasteiger partial charge in [0.2, 0.25) is 0 Å². The van der Waals surface area contributed by atoms with Crippen LogP contribution in [0.5, 0.6) is 0 Å². The van der Waals surface area contributed by atoms with Crippen molar-refractivity contribution in [1.29, 1.82) is 0 Å². The molecule has 0 aliphatic heterocycles. The Morgan fingerprint density at radius 1 is 1.25 bits per heavy atom. The molecule has 1 heterocycles. The molecule has 1 saturated carbocycles. The standard InChI is InChI=1S/C15H27N5/c1-9(2)12-18-13(10(3)14(19-12)20-16)17-11-7-6-8-15(11,4)5/h9,11H,6-8,16H2,1-5H3,(H2,17,18,19,20). The Kier molecular flexibility index (Phi) is 4.18. The molecule has 5 heteroatoms. The highest BCUT2D eigenvalue weighted by molar-refractivity contribution is 5.57. The van der Waals surface area contributed by atoms with Gasteiger partial charge in [-0.2, -0.15) is 0 Å². The summed E-state index contributed by atoms with van der Waals surface area (Å²) in [5.74, 6) is 8.30. The number of hydrogen-bond acceptors (Lipinski definition) is 5. The summed E-state index contributed by atoms with van der Waals surface area (Å²) < 4.78 is 0. The van der Waals surface area contributed by atoms with Gasteiger partial charge >= 0.3 is 0 Å². The van der Waals surface area contributed by atoms with Crippen LogP contribution in [0, 0.1) is 12.3 Å². The van der Waals surface area contributed by atoms with Crippen LogP contribution in [0.1, 0.15) is 64.3 Å². The molecule has 0 bridgehead atoms. The quantitative estimate of drug-likeness (QED) is 0.582. The second kappa shape index (κ2) is 5.56. The van der Waals surface area contributed by atoms with Crippen molar-refractivity contribution in [3.05, 3.63) is 11.4 Å². The van der Waals surface area contributed by atoms with Gasteiger partial charge in [0.05, 0.1) is 0 Å². The van der Waals surface area contributed by atoms with Gasteiger partial charge in [0.15, 0.2) is 0 Å². The third kappa shape index (κ3) is 2.87. The average molecular weight is 277 g/mol. The van der Waals surface area contributed by atoms with Gasteiger partial charge in [-0.3, -0.25) is 0 Å². The number of hydrazine groups is 1. The second-order valence-corrected chi connectivity index (χ2v) is 6.78. The molecule has 0 amide bonds. The Hall–Kier alpha value is -1.36. The van der Waals surface area contributed by atoms with E-state index in [4.69, 9.17) is 10.8 Å². The van der Waals surface area contributed by atoms with Crippen molar-refractivity contribution in [2.75, 3.05) is 10.7 Å². The molecule has 1 atom stereocenters. The molecule has 0 aromatic carbocycles. The molecule has 5 nitrogen and oxygen atoms in total. The molecule has 20 heavy (non-hydrogen) atoms. The minimum absolute atomic E-state index is 0.278. The molecule has 0 spiro atoms. The van der Waals surface area contributed by atoms with Crippen LogP contribution >= 0.6 is 0 Å². The van der Waals surface area contributed by atoms with Crippen LogP contribution in [-0.2, 0) is 0 Å². The van der Waals surface area contributed by atoms with Crippen molar-refractivity contribution in [3.8, 4) is 0 Å². The molecule has 2 rings (SSSR count). The van der Waals surface area contributed by atoms with Gasteiger partial charge in [-0.1, -0.05) is 34.1 Å². The molecule has 1 aromatic rings. The number of aromatic nitrogens is 2. The van der Waals surface area contributed by atoms with E-state index in [0.29, 0.717) is 17.3 Å². The van der Waals surface area contributed by atoms with Crippen LogP contribution in [0.2, 0.25) is 0 Å². The molecule has 1 aromatic heterocycles. The van der Waals surface area contributed by atoms with Crippen molar-refractivity contribution < 1.29 is 0 Å². The van der Waals surface area contributed by atoms with Gasteiger partial charge in [0.25, 0.3) is 0 Å². The second-order valence-electron chi connectivity index (χ2n) is 6.78. The number of hydrogen-bond donors (Lipinski definition) is 3. The Morgan fingerprint density at radius 3 is 2.40 bits per heavy atom. The molecule has 1 aliphatic carbocycles. The normalized spacial score (nSPS) is 21.2. The molecule has 112 valence electrons. The first-order valence-corrected chi connectivity index (χ1v) is 7.47. The van der Waals surface area contributed by atoms with E-state index in [9.17, 15) is 0 Å². The van der Waals surface area contributed by atoms with Gasteiger partial charge in [-0.25, -0.2) is 15.8 Å². The van der Waals surface area contributed by atoms with Crippen LogP contribution in [0.4, 0.5) is 11.6 Å². The number of anilines is 2. The van der Waals surface area contributed by atoms with E-state index in [1.54, 1.807) is 0 Å². The lowest BCUT2D eigenvalue weighted by atomic mass is 9.87. The lowest BCUT2D eigenvalue weighted by Gasteiger charge is -2.29. The van der Waals surface area contributed by atoms with E-state index in [1.807, 2.05) is 6.92 Å². The van der Waals surface area contributed by atoms with Gasteiger partial charge in [-0.05, 0) is 25.2 Å². The maximum atomic E-state index is 5.58. The highest BCUT2D eigenvalue weighted by Crippen LogP contribution is 2.39. The van der Waals surface area contributed by atoms with Crippen LogP contribution in [-0.4, -0.2) is 16.0 Å². The van der Waals surface area contributed by atoms with Gasteiger partial charge in [0.1, 0.15) is 17.5 Å². The van der Waals surface area contributed by atoms with Gasteiger partial charge in [-0.15, -0.1) is 0 Å². The fraction of sp³-hybridized carbons (Fsp3) is 0.733. The molecule has 1 unspecified atom stereocenters. The molecular weight excluding hydrogens is 250 g/mol. The zero-order chi connectivity index (χ0) is 14.9. The summed E-state index contributed by atoms with van der Waals surface area (Å²) >= 11 is 0. The summed E-state index contributed by atoms with van der Waals surface area (Å²) in [5, 5.41) is 3.62. The van der Waals surface area contributed by atoms with Crippen LogP contribution in [0.15, 0.2) is 0 Å². The predicted molar refractivity (Wildman–Crippen MR) is 83.7 cm³/mol. The zero-order valence-electron chi connectivity index (χ0n) is 13.2. The smallest absolute Gasteiger partial charge is 0.148 e. The molecule has 4 N–H and O–H groups in total. The molecule has 1 aliphatic rings. The van der Waals surface area contributed by atoms with Crippen LogP contribution in [0.25, 0.3) is 0 Å². The highest BCUT2D eigenvalue weighted by Gasteiger charge is 2.35. The minimum atomic E-state index is 0.278. The van der Waals surface area contributed by atoms with Crippen LogP contribution < -0.4 is 16.6 Å². The fourth-order valence-corrected chi connectivity index (χ4v) is 2.83. The topological polar surface area (TPSA) is 75.9 Å². The summed E-state index contributed by atoms with van der Waals surface area (Å²) in [7, 11) is 0. The first-order valence-electron chi connectivity index (χ1n) is 7.47. The summed E-state index contributed by atoms with van der Waals surface area (Å²) in [5.41, 5.74) is 3.98. The van der Waals surface area contributed by atoms with Gasteiger partial charge < -0.3 is 10.7 Å². The predicted octanol–water partition coefficient (Wildman–Crippen LogP) is 3.18. The third-order valence-electron chi connectivity index (χ3n) is 4.38. The van der Waals surface area contributed by atoms with Crippen molar-refractivity contribution in [2.24, 2.45) is 11.3 Å². The number of nitrogens with zero attached hydrogens (tertiary/aromatic N) is 2. The van der Waals surface area contributed by atoms with E-state index in [-0.39, 0.29) is 5.92 Å². The summed E-state index contributed by atoms with van der Waals surface area (Å²) in [6.07, 6.45) is 3.72. The lowest BCUT2D eigenvalue weighted by molar-refractivity contribution is 0.349. The number of rotatable bonds is 4. The molecule has 0 radical (unpaired) electrons. The largest absolute Gasteiger partial charge is 0.366 e. The first-order chi connectivity index (χ1) is 9.35. The van der Waals surface area contributed by atoms with Crippen LogP contribution in [0.3, 0.4) is 0 Å². The molecule has 1 fully saturated rings. The number of nitrogens with two attached hydrogens (primary N) is 1. The Bertz CT molecular complexity index is 481. The van der Waals surface area contributed by atoms with E-state index in [0.717, 1.165) is 17.2 Å².